The highest BCUT2D eigenvalue weighted by atomic mass is 32.1. The van der Waals surface area contributed by atoms with E-state index in [1.807, 2.05) is 0 Å². The van der Waals surface area contributed by atoms with Crippen LogP contribution in [0.25, 0.3) is 0 Å². The van der Waals surface area contributed by atoms with Gasteiger partial charge in [-0.05, 0) is 49.6 Å². The average molecular weight is 282 g/mol. The highest BCUT2D eigenvalue weighted by Gasteiger charge is 2.43. The molecule has 0 aliphatic heterocycles. The summed E-state index contributed by atoms with van der Waals surface area (Å²) in [6.45, 7) is 7.31. The molecule has 1 aromatic heterocycles. The van der Waals surface area contributed by atoms with Crippen LogP contribution < -0.4 is 11.3 Å². The predicted molar refractivity (Wildman–Crippen MR) is 81.1 cm³/mol. The van der Waals surface area contributed by atoms with Gasteiger partial charge in [0.15, 0.2) is 0 Å². The van der Waals surface area contributed by atoms with Crippen LogP contribution in [0.2, 0.25) is 0 Å². The Hall–Kier alpha value is -0.420. The van der Waals surface area contributed by atoms with Crippen LogP contribution in [0.1, 0.15) is 56.0 Å². The Kier molecular flexibility index (Phi) is 5.01. The summed E-state index contributed by atoms with van der Waals surface area (Å²) in [5, 5.41) is 2.14. The third-order valence-corrected chi connectivity index (χ3v) is 5.19. The number of thiophene rings is 1. The molecule has 0 radical (unpaired) electrons. The lowest BCUT2D eigenvalue weighted by Crippen LogP contribution is -2.51. The Morgan fingerprint density at radius 2 is 2.42 bits per heavy atom. The van der Waals surface area contributed by atoms with Crippen LogP contribution in [-0.2, 0) is 4.74 Å². The van der Waals surface area contributed by atoms with Crippen molar-refractivity contribution in [3.8, 4) is 0 Å². The second-order valence-electron chi connectivity index (χ2n) is 5.73. The van der Waals surface area contributed by atoms with Crippen LogP contribution >= 0.6 is 11.3 Å². The van der Waals surface area contributed by atoms with Crippen molar-refractivity contribution < 1.29 is 4.74 Å². The van der Waals surface area contributed by atoms with Crippen molar-refractivity contribution in [1.29, 1.82) is 0 Å². The van der Waals surface area contributed by atoms with E-state index in [-0.39, 0.29) is 11.6 Å². The molecule has 0 saturated heterocycles. The standard InChI is InChI=1S/C15H26N2OS/c1-4-18-15(8-5-6-11(2)10-15)14(17-16)13-7-9-19-12(13)3/h7,9,11,14,17H,4-6,8,10,16H2,1-3H3. The van der Waals surface area contributed by atoms with E-state index in [0.717, 1.165) is 19.4 Å². The van der Waals surface area contributed by atoms with Gasteiger partial charge >= 0.3 is 0 Å². The Morgan fingerprint density at radius 3 is 2.95 bits per heavy atom. The number of nitrogens with one attached hydrogen (secondary N) is 1. The van der Waals surface area contributed by atoms with Crippen LogP contribution in [0, 0.1) is 12.8 Å². The number of hydrogen-bond acceptors (Lipinski definition) is 4. The lowest BCUT2D eigenvalue weighted by atomic mass is 9.73. The highest BCUT2D eigenvalue weighted by Crippen LogP contribution is 2.44. The summed E-state index contributed by atoms with van der Waals surface area (Å²) in [5.74, 6) is 6.60. The molecule has 0 spiro atoms. The zero-order valence-electron chi connectivity index (χ0n) is 12.2. The largest absolute Gasteiger partial charge is 0.373 e. The molecule has 0 aromatic carbocycles. The third kappa shape index (κ3) is 3.02. The molecule has 3 N–H and O–H groups in total. The molecule has 0 bridgehead atoms. The molecule has 1 fully saturated rings. The molecule has 108 valence electrons. The normalized spacial score (nSPS) is 29.4. The zero-order chi connectivity index (χ0) is 13.9. The van der Waals surface area contributed by atoms with Gasteiger partial charge in [0.25, 0.3) is 0 Å². The summed E-state index contributed by atoms with van der Waals surface area (Å²) in [4.78, 5) is 1.33. The van der Waals surface area contributed by atoms with Crippen LogP contribution in [0.4, 0.5) is 0 Å². The Labute approximate surface area is 120 Å². The molecule has 3 atom stereocenters. The molecule has 1 heterocycles. The van der Waals surface area contributed by atoms with E-state index in [4.69, 9.17) is 10.6 Å². The Morgan fingerprint density at radius 1 is 1.63 bits per heavy atom. The fraction of sp³-hybridized carbons (Fsp3) is 0.733. The summed E-state index contributed by atoms with van der Waals surface area (Å²) in [6.07, 6.45) is 4.71. The van der Waals surface area contributed by atoms with E-state index < -0.39 is 0 Å². The molecule has 1 saturated carbocycles. The number of ether oxygens (including phenoxy) is 1. The molecule has 2 rings (SSSR count). The first-order valence-corrected chi connectivity index (χ1v) is 8.15. The van der Waals surface area contributed by atoms with Crippen LogP contribution in [0.3, 0.4) is 0 Å². The van der Waals surface area contributed by atoms with E-state index in [1.54, 1.807) is 11.3 Å². The van der Waals surface area contributed by atoms with E-state index >= 15 is 0 Å². The minimum absolute atomic E-state index is 0.0986. The third-order valence-electron chi connectivity index (χ3n) is 4.33. The first kappa shape index (κ1) is 15.0. The first-order valence-electron chi connectivity index (χ1n) is 7.27. The van der Waals surface area contributed by atoms with Crippen LogP contribution in [0.15, 0.2) is 11.4 Å². The van der Waals surface area contributed by atoms with Gasteiger partial charge in [0.2, 0.25) is 0 Å². The van der Waals surface area contributed by atoms with Crippen LogP contribution in [-0.4, -0.2) is 12.2 Å². The summed E-state index contributed by atoms with van der Waals surface area (Å²) >= 11 is 1.78. The summed E-state index contributed by atoms with van der Waals surface area (Å²) in [6, 6.07) is 2.28. The summed E-state index contributed by atoms with van der Waals surface area (Å²) in [5.41, 5.74) is 4.20. The van der Waals surface area contributed by atoms with Crippen molar-refractivity contribution in [1.82, 2.24) is 5.43 Å². The molecule has 3 nitrogen and oxygen atoms in total. The first-order chi connectivity index (χ1) is 9.13. The zero-order valence-corrected chi connectivity index (χ0v) is 13.1. The quantitative estimate of drug-likeness (QED) is 0.641. The Balaban J connectivity index is 2.32. The van der Waals surface area contributed by atoms with Gasteiger partial charge in [0.1, 0.15) is 0 Å². The van der Waals surface area contributed by atoms with Gasteiger partial charge in [-0.3, -0.25) is 11.3 Å². The van der Waals surface area contributed by atoms with E-state index in [0.29, 0.717) is 5.92 Å². The average Bonchev–Trinajstić information content (AvgIpc) is 2.77. The Bertz CT molecular complexity index is 403. The minimum atomic E-state index is -0.146. The highest BCUT2D eigenvalue weighted by molar-refractivity contribution is 7.10. The van der Waals surface area contributed by atoms with E-state index in [9.17, 15) is 0 Å². The van der Waals surface area contributed by atoms with Crippen molar-refractivity contribution >= 4 is 11.3 Å². The fourth-order valence-corrected chi connectivity index (χ4v) is 4.27. The molecule has 1 aliphatic carbocycles. The molecular formula is C15H26N2OS. The van der Waals surface area contributed by atoms with Gasteiger partial charge in [0, 0.05) is 11.5 Å². The lowest BCUT2D eigenvalue weighted by Gasteiger charge is -2.45. The summed E-state index contributed by atoms with van der Waals surface area (Å²) in [7, 11) is 0. The number of aryl methyl sites for hydroxylation is 1. The van der Waals surface area contributed by atoms with Gasteiger partial charge < -0.3 is 4.74 Å². The van der Waals surface area contributed by atoms with Gasteiger partial charge in [-0.1, -0.05) is 19.8 Å². The van der Waals surface area contributed by atoms with Crippen molar-refractivity contribution in [2.75, 3.05) is 6.61 Å². The number of hydrazine groups is 1. The number of nitrogens with two attached hydrogens (primary N) is 1. The van der Waals surface area contributed by atoms with Crippen molar-refractivity contribution in [3.05, 3.63) is 21.9 Å². The van der Waals surface area contributed by atoms with Gasteiger partial charge in [-0.2, -0.15) is 0 Å². The van der Waals surface area contributed by atoms with E-state index in [1.165, 1.54) is 23.3 Å². The molecule has 3 unspecified atom stereocenters. The second-order valence-corrected chi connectivity index (χ2v) is 6.85. The second kappa shape index (κ2) is 6.35. The maximum atomic E-state index is 6.23. The number of hydrogen-bond donors (Lipinski definition) is 2. The monoisotopic (exact) mass is 282 g/mol. The maximum Gasteiger partial charge on any atom is 0.0892 e. The molecule has 4 heteroatoms. The topological polar surface area (TPSA) is 47.3 Å². The molecular weight excluding hydrogens is 256 g/mol. The smallest absolute Gasteiger partial charge is 0.0892 e. The molecule has 1 aromatic rings. The lowest BCUT2D eigenvalue weighted by molar-refractivity contribution is -0.102. The molecule has 19 heavy (non-hydrogen) atoms. The van der Waals surface area contributed by atoms with E-state index in [2.05, 4.69) is 37.6 Å². The van der Waals surface area contributed by atoms with Crippen LogP contribution in [0.5, 0.6) is 0 Å². The van der Waals surface area contributed by atoms with Gasteiger partial charge in [-0.25, -0.2) is 0 Å². The maximum absolute atomic E-state index is 6.23. The van der Waals surface area contributed by atoms with Crippen molar-refractivity contribution in [2.45, 2.75) is 58.1 Å². The molecule has 1 aliphatic rings. The van der Waals surface area contributed by atoms with Gasteiger partial charge in [0.05, 0.1) is 11.6 Å². The molecule has 0 amide bonds. The van der Waals surface area contributed by atoms with Crippen molar-refractivity contribution in [2.24, 2.45) is 11.8 Å². The SMILES string of the molecule is CCOC1(C(NN)c2ccsc2C)CCCC(C)C1. The fourth-order valence-electron chi connectivity index (χ4n) is 3.53. The van der Waals surface area contributed by atoms with Gasteiger partial charge in [-0.15, -0.1) is 11.3 Å². The van der Waals surface area contributed by atoms with Crippen molar-refractivity contribution in [3.63, 3.8) is 0 Å². The minimum Gasteiger partial charge on any atom is -0.373 e. The summed E-state index contributed by atoms with van der Waals surface area (Å²) < 4.78 is 6.23. The number of rotatable bonds is 5. The predicted octanol–water partition coefficient (Wildman–Crippen LogP) is 3.55.